The van der Waals surface area contributed by atoms with Crippen molar-refractivity contribution in [3.05, 3.63) is 35.4 Å². The maximum atomic E-state index is 5.30. The summed E-state index contributed by atoms with van der Waals surface area (Å²) in [7, 11) is 3.92. The largest absolute Gasteiger partial charge is 0.383 e. The van der Waals surface area contributed by atoms with Gasteiger partial charge in [0.05, 0.1) is 6.61 Å². The topological polar surface area (TPSA) is 24.5 Å². The van der Waals surface area contributed by atoms with Crippen LogP contribution in [0.25, 0.3) is 0 Å². The highest BCUT2D eigenvalue weighted by Gasteiger charge is 2.14. The second kappa shape index (κ2) is 8.25. The molecule has 0 aliphatic rings. The van der Waals surface area contributed by atoms with E-state index < -0.39 is 0 Å². The molecule has 1 rings (SSSR count). The molecule has 1 N–H and O–H groups in total. The van der Waals surface area contributed by atoms with Crippen LogP contribution in [0.1, 0.15) is 18.1 Å². The molecule has 0 amide bonds. The van der Waals surface area contributed by atoms with Gasteiger partial charge in [0.1, 0.15) is 0 Å². The first-order valence-electron chi connectivity index (χ1n) is 6.62. The Morgan fingerprint density at radius 2 is 2.17 bits per heavy atom. The number of hydrogen-bond acceptors (Lipinski definition) is 3. The van der Waals surface area contributed by atoms with Gasteiger partial charge in [-0.1, -0.05) is 36.8 Å². The third kappa shape index (κ3) is 5.17. The van der Waals surface area contributed by atoms with Gasteiger partial charge in [0, 0.05) is 26.2 Å². The number of hydrogen-bond donors (Lipinski definition) is 1. The zero-order valence-electron chi connectivity index (χ0n) is 12.1. The number of benzene rings is 1. The average molecular weight is 250 g/mol. The van der Waals surface area contributed by atoms with Crippen LogP contribution < -0.4 is 5.32 Å². The van der Waals surface area contributed by atoms with E-state index in [0.29, 0.717) is 6.04 Å². The molecule has 0 aliphatic carbocycles. The zero-order valence-corrected chi connectivity index (χ0v) is 12.1. The van der Waals surface area contributed by atoms with Crippen LogP contribution in [0.15, 0.2) is 24.3 Å². The highest BCUT2D eigenvalue weighted by molar-refractivity contribution is 5.22. The first-order chi connectivity index (χ1) is 8.67. The minimum atomic E-state index is 0.412. The van der Waals surface area contributed by atoms with E-state index in [9.17, 15) is 0 Å². The van der Waals surface area contributed by atoms with Gasteiger partial charge in [-0.05, 0) is 26.1 Å². The van der Waals surface area contributed by atoms with Crippen LogP contribution in [0, 0.1) is 6.92 Å². The number of nitrogens with one attached hydrogen (secondary N) is 1. The summed E-state index contributed by atoms with van der Waals surface area (Å²) >= 11 is 0. The van der Waals surface area contributed by atoms with Gasteiger partial charge in [-0.2, -0.15) is 0 Å². The number of nitrogens with zero attached hydrogens (tertiary/aromatic N) is 1. The van der Waals surface area contributed by atoms with Crippen molar-refractivity contribution in [1.82, 2.24) is 10.2 Å². The minimum Gasteiger partial charge on any atom is -0.383 e. The van der Waals surface area contributed by atoms with E-state index in [-0.39, 0.29) is 0 Å². The summed E-state index contributed by atoms with van der Waals surface area (Å²) in [4.78, 5) is 2.35. The number of ether oxygens (including phenoxy) is 1. The van der Waals surface area contributed by atoms with E-state index in [1.807, 2.05) is 0 Å². The number of methoxy groups -OCH3 is 1. The maximum Gasteiger partial charge on any atom is 0.0630 e. The predicted molar refractivity (Wildman–Crippen MR) is 76.9 cm³/mol. The average Bonchev–Trinajstić information content (AvgIpc) is 2.34. The molecule has 0 fully saturated rings. The van der Waals surface area contributed by atoms with E-state index in [4.69, 9.17) is 4.74 Å². The first kappa shape index (κ1) is 15.2. The molecule has 1 unspecified atom stereocenters. The Kier molecular flexibility index (Phi) is 6.94. The van der Waals surface area contributed by atoms with Gasteiger partial charge in [-0.3, -0.25) is 4.90 Å². The van der Waals surface area contributed by atoms with Crippen LogP contribution in [-0.2, 0) is 11.3 Å². The highest BCUT2D eigenvalue weighted by atomic mass is 16.5. The summed E-state index contributed by atoms with van der Waals surface area (Å²) in [5, 5.41) is 3.39. The van der Waals surface area contributed by atoms with Crippen LogP contribution in [0.4, 0.5) is 0 Å². The molecule has 3 nitrogen and oxygen atoms in total. The lowest BCUT2D eigenvalue weighted by Crippen LogP contribution is -2.42. The van der Waals surface area contributed by atoms with Crippen LogP contribution in [0.2, 0.25) is 0 Å². The molecule has 102 valence electrons. The van der Waals surface area contributed by atoms with Crippen LogP contribution in [0.5, 0.6) is 0 Å². The summed E-state index contributed by atoms with van der Waals surface area (Å²) in [6, 6.07) is 9.09. The Balaban J connectivity index is 2.56. The van der Waals surface area contributed by atoms with Gasteiger partial charge in [0.2, 0.25) is 0 Å². The molecule has 0 aliphatic heterocycles. The van der Waals surface area contributed by atoms with E-state index in [1.54, 1.807) is 7.11 Å². The smallest absolute Gasteiger partial charge is 0.0630 e. The lowest BCUT2D eigenvalue weighted by molar-refractivity contribution is 0.102. The van der Waals surface area contributed by atoms with Crippen molar-refractivity contribution in [2.45, 2.75) is 26.4 Å². The van der Waals surface area contributed by atoms with Crippen molar-refractivity contribution in [2.75, 3.05) is 33.9 Å². The third-order valence-electron chi connectivity index (χ3n) is 3.13. The van der Waals surface area contributed by atoms with Gasteiger partial charge in [-0.25, -0.2) is 0 Å². The molecule has 1 aromatic rings. The van der Waals surface area contributed by atoms with E-state index in [1.165, 1.54) is 11.1 Å². The van der Waals surface area contributed by atoms with Crippen molar-refractivity contribution < 1.29 is 4.74 Å². The van der Waals surface area contributed by atoms with Crippen molar-refractivity contribution in [3.63, 3.8) is 0 Å². The fourth-order valence-electron chi connectivity index (χ4n) is 2.07. The molecule has 0 radical (unpaired) electrons. The SMILES string of the molecule is CCNCC(COC)N(C)Cc1cccc(C)c1. The first-order valence-corrected chi connectivity index (χ1v) is 6.62. The highest BCUT2D eigenvalue weighted by Crippen LogP contribution is 2.09. The Labute approximate surface area is 111 Å². The monoisotopic (exact) mass is 250 g/mol. The van der Waals surface area contributed by atoms with E-state index >= 15 is 0 Å². The lowest BCUT2D eigenvalue weighted by atomic mass is 10.1. The second-order valence-electron chi connectivity index (χ2n) is 4.82. The van der Waals surface area contributed by atoms with E-state index in [2.05, 4.69) is 55.4 Å². The fourth-order valence-corrected chi connectivity index (χ4v) is 2.07. The van der Waals surface area contributed by atoms with Crippen molar-refractivity contribution >= 4 is 0 Å². The molecule has 3 heteroatoms. The van der Waals surface area contributed by atoms with Crippen LogP contribution >= 0.6 is 0 Å². The van der Waals surface area contributed by atoms with Crippen molar-refractivity contribution in [2.24, 2.45) is 0 Å². The molecule has 0 aromatic heterocycles. The van der Waals surface area contributed by atoms with Crippen molar-refractivity contribution in [3.8, 4) is 0 Å². The Bertz CT molecular complexity index is 341. The minimum absolute atomic E-state index is 0.412. The Morgan fingerprint density at radius 3 is 2.78 bits per heavy atom. The molecular weight excluding hydrogens is 224 g/mol. The molecule has 18 heavy (non-hydrogen) atoms. The number of rotatable bonds is 8. The molecule has 0 saturated carbocycles. The fraction of sp³-hybridized carbons (Fsp3) is 0.600. The maximum absolute atomic E-state index is 5.30. The summed E-state index contributed by atoms with van der Waals surface area (Å²) in [5.74, 6) is 0. The van der Waals surface area contributed by atoms with E-state index in [0.717, 1.165) is 26.2 Å². The summed E-state index contributed by atoms with van der Waals surface area (Å²) in [5.41, 5.74) is 2.67. The van der Waals surface area contributed by atoms with Gasteiger partial charge >= 0.3 is 0 Å². The van der Waals surface area contributed by atoms with Gasteiger partial charge < -0.3 is 10.1 Å². The van der Waals surface area contributed by atoms with Gasteiger partial charge in [0.25, 0.3) is 0 Å². The normalized spacial score (nSPS) is 12.9. The number of likely N-dealkylation sites (N-methyl/N-ethyl adjacent to an activating group) is 2. The Morgan fingerprint density at radius 1 is 1.39 bits per heavy atom. The summed E-state index contributed by atoms with van der Waals surface area (Å²) < 4.78 is 5.30. The summed E-state index contributed by atoms with van der Waals surface area (Å²) in [6.45, 7) is 7.95. The molecule has 1 aromatic carbocycles. The molecule has 0 spiro atoms. The van der Waals surface area contributed by atoms with Gasteiger partial charge in [-0.15, -0.1) is 0 Å². The van der Waals surface area contributed by atoms with Gasteiger partial charge in [0.15, 0.2) is 0 Å². The standard InChI is InChI=1S/C15H26N2O/c1-5-16-10-15(12-18-4)17(3)11-14-8-6-7-13(2)9-14/h6-9,15-16H,5,10-12H2,1-4H3. The second-order valence-corrected chi connectivity index (χ2v) is 4.82. The summed E-state index contributed by atoms with van der Waals surface area (Å²) in [6.07, 6.45) is 0. The lowest BCUT2D eigenvalue weighted by Gasteiger charge is -2.28. The third-order valence-corrected chi connectivity index (χ3v) is 3.13. The molecule has 0 saturated heterocycles. The quantitative estimate of drug-likeness (QED) is 0.764. The predicted octanol–water partition coefficient (Wildman–Crippen LogP) is 2.05. The van der Waals surface area contributed by atoms with Crippen LogP contribution in [-0.4, -0.2) is 44.8 Å². The molecule has 0 bridgehead atoms. The zero-order chi connectivity index (χ0) is 13.4. The van der Waals surface area contributed by atoms with Crippen LogP contribution in [0.3, 0.4) is 0 Å². The molecule has 1 atom stereocenters. The molecular formula is C15H26N2O. The molecule has 0 heterocycles. The Hall–Kier alpha value is -0.900. The number of aryl methyl sites for hydroxylation is 1. The van der Waals surface area contributed by atoms with Crippen molar-refractivity contribution in [1.29, 1.82) is 0 Å².